The molecule has 0 aliphatic heterocycles. The Balaban J connectivity index is 2.55. The Labute approximate surface area is 96.6 Å². The van der Waals surface area contributed by atoms with E-state index in [-0.39, 0.29) is 11.6 Å². The maximum absolute atomic E-state index is 11.1. The molecular formula is C11H11NO3S. The number of carbonyl (C=O) groups is 1. The average Bonchev–Trinajstić information content (AvgIpc) is 2.86. The minimum absolute atomic E-state index is 0.0728. The third-order valence-corrected chi connectivity index (χ3v) is 3.46. The molecule has 5 heteroatoms. The lowest BCUT2D eigenvalue weighted by molar-refractivity contribution is 0.0691. The molecule has 2 aromatic heterocycles. The van der Waals surface area contributed by atoms with Gasteiger partial charge in [-0.05, 0) is 12.1 Å². The summed E-state index contributed by atoms with van der Waals surface area (Å²) in [6.45, 7) is 3.97. The highest BCUT2D eigenvalue weighted by Crippen LogP contribution is 2.33. The van der Waals surface area contributed by atoms with Gasteiger partial charge in [-0.3, -0.25) is 0 Å². The van der Waals surface area contributed by atoms with Crippen LogP contribution >= 0.6 is 11.3 Å². The van der Waals surface area contributed by atoms with Crippen LogP contribution in [0.25, 0.3) is 10.6 Å². The lowest BCUT2D eigenvalue weighted by Gasteiger charge is -1.94. The summed E-state index contributed by atoms with van der Waals surface area (Å²) in [5.74, 6) is -0.247. The second kappa shape index (κ2) is 4.09. The van der Waals surface area contributed by atoms with E-state index >= 15 is 0 Å². The summed E-state index contributed by atoms with van der Waals surface area (Å²) in [7, 11) is 0. The number of carboxylic acid groups (broad SMARTS) is 1. The normalized spacial score (nSPS) is 10.9. The van der Waals surface area contributed by atoms with Gasteiger partial charge in [0.2, 0.25) is 0 Å². The maximum Gasteiger partial charge on any atom is 0.356 e. The number of nitrogens with zero attached hydrogens (tertiary/aromatic N) is 1. The molecule has 0 radical (unpaired) electrons. The topological polar surface area (TPSA) is 63.3 Å². The van der Waals surface area contributed by atoms with Crippen molar-refractivity contribution in [1.82, 2.24) is 4.98 Å². The number of thiazole rings is 1. The molecule has 0 atom stereocenters. The largest absolute Gasteiger partial charge is 0.476 e. The van der Waals surface area contributed by atoms with E-state index in [1.807, 2.05) is 13.8 Å². The molecule has 0 saturated carbocycles. The molecule has 0 amide bonds. The Bertz CT molecular complexity index is 499. The molecule has 4 nitrogen and oxygen atoms in total. The van der Waals surface area contributed by atoms with Crippen molar-refractivity contribution in [2.24, 2.45) is 0 Å². The summed E-state index contributed by atoms with van der Waals surface area (Å²) >= 11 is 1.37. The van der Waals surface area contributed by atoms with E-state index in [0.717, 1.165) is 5.01 Å². The van der Waals surface area contributed by atoms with Gasteiger partial charge in [0.05, 0.1) is 11.3 Å². The van der Waals surface area contributed by atoms with Crippen molar-refractivity contribution in [3.8, 4) is 10.6 Å². The Morgan fingerprint density at radius 1 is 1.56 bits per heavy atom. The smallest absolute Gasteiger partial charge is 0.356 e. The molecule has 0 aromatic carbocycles. The van der Waals surface area contributed by atoms with Crippen molar-refractivity contribution in [3.05, 3.63) is 29.1 Å². The third-order valence-electron chi connectivity index (χ3n) is 2.09. The molecule has 1 N–H and O–H groups in total. The molecule has 0 aliphatic carbocycles. The molecule has 0 fully saturated rings. The van der Waals surface area contributed by atoms with Crippen molar-refractivity contribution in [3.63, 3.8) is 0 Å². The fraction of sp³-hybridized carbons (Fsp3) is 0.273. The first kappa shape index (κ1) is 10.9. The number of furan rings is 1. The van der Waals surface area contributed by atoms with Crippen LogP contribution in [0.3, 0.4) is 0 Å². The summed E-state index contributed by atoms with van der Waals surface area (Å²) in [5.41, 5.74) is 0.0728. The first-order valence-electron chi connectivity index (χ1n) is 4.87. The Morgan fingerprint density at radius 3 is 2.81 bits per heavy atom. The van der Waals surface area contributed by atoms with Gasteiger partial charge >= 0.3 is 5.97 Å². The summed E-state index contributed by atoms with van der Waals surface area (Å²) in [5, 5.41) is 9.87. The molecule has 0 saturated heterocycles. The second-order valence-corrected chi connectivity index (χ2v) is 4.70. The number of hydrogen-bond donors (Lipinski definition) is 1. The first-order chi connectivity index (χ1) is 7.59. The molecule has 0 unspecified atom stereocenters. The lowest BCUT2D eigenvalue weighted by Crippen LogP contribution is -1.99. The number of rotatable bonds is 3. The van der Waals surface area contributed by atoms with Crippen LogP contribution in [0.2, 0.25) is 0 Å². The van der Waals surface area contributed by atoms with Gasteiger partial charge in [-0.1, -0.05) is 13.8 Å². The monoisotopic (exact) mass is 237 g/mol. The highest BCUT2D eigenvalue weighted by Gasteiger charge is 2.21. The number of carboxylic acids is 1. The highest BCUT2D eigenvalue weighted by atomic mass is 32.1. The zero-order valence-electron chi connectivity index (χ0n) is 8.93. The zero-order chi connectivity index (χ0) is 11.7. The van der Waals surface area contributed by atoms with Crippen molar-refractivity contribution < 1.29 is 14.3 Å². The van der Waals surface area contributed by atoms with Crippen LogP contribution in [0.4, 0.5) is 0 Å². The van der Waals surface area contributed by atoms with Crippen molar-refractivity contribution in [2.45, 2.75) is 19.8 Å². The van der Waals surface area contributed by atoms with Gasteiger partial charge in [-0.15, -0.1) is 11.3 Å². The fourth-order valence-electron chi connectivity index (χ4n) is 1.30. The Kier molecular flexibility index (Phi) is 2.78. The van der Waals surface area contributed by atoms with Crippen molar-refractivity contribution >= 4 is 17.3 Å². The van der Waals surface area contributed by atoms with E-state index in [2.05, 4.69) is 4.98 Å². The van der Waals surface area contributed by atoms with Crippen LogP contribution in [-0.4, -0.2) is 16.1 Å². The summed E-state index contributed by atoms with van der Waals surface area (Å²) < 4.78 is 5.21. The van der Waals surface area contributed by atoms with Crippen LogP contribution < -0.4 is 0 Å². The van der Waals surface area contributed by atoms with Crippen LogP contribution in [0.5, 0.6) is 0 Å². The van der Waals surface area contributed by atoms with Gasteiger partial charge in [0, 0.05) is 5.92 Å². The van der Waals surface area contributed by atoms with Crippen LogP contribution in [0, 0.1) is 0 Å². The standard InChI is InChI=1S/C11H11NO3S/c1-6(2)10-12-8(11(13)14)9(16-10)7-4-3-5-15-7/h3-6H,1-2H3,(H,13,14). The molecule has 2 aromatic rings. The zero-order valence-corrected chi connectivity index (χ0v) is 9.75. The summed E-state index contributed by atoms with van der Waals surface area (Å²) in [4.78, 5) is 15.8. The summed E-state index contributed by atoms with van der Waals surface area (Å²) in [6.07, 6.45) is 1.52. The quantitative estimate of drug-likeness (QED) is 0.890. The third kappa shape index (κ3) is 1.86. The van der Waals surface area contributed by atoms with E-state index in [1.54, 1.807) is 12.1 Å². The number of hydrogen-bond acceptors (Lipinski definition) is 4. The summed E-state index contributed by atoms with van der Waals surface area (Å²) in [6, 6.07) is 3.47. The predicted octanol–water partition coefficient (Wildman–Crippen LogP) is 3.22. The number of aromatic nitrogens is 1. The van der Waals surface area contributed by atoms with Crippen molar-refractivity contribution in [2.75, 3.05) is 0 Å². The highest BCUT2D eigenvalue weighted by molar-refractivity contribution is 7.15. The Morgan fingerprint density at radius 2 is 2.31 bits per heavy atom. The molecule has 0 bridgehead atoms. The SMILES string of the molecule is CC(C)c1nc(C(=O)O)c(-c2ccco2)s1. The molecule has 0 spiro atoms. The minimum Gasteiger partial charge on any atom is -0.476 e. The van der Waals surface area contributed by atoms with Gasteiger partial charge in [0.15, 0.2) is 5.69 Å². The van der Waals surface area contributed by atoms with Crippen LogP contribution in [0.15, 0.2) is 22.8 Å². The van der Waals surface area contributed by atoms with Gasteiger partial charge in [0.1, 0.15) is 10.6 Å². The van der Waals surface area contributed by atoms with E-state index in [4.69, 9.17) is 9.52 Å². The molecule has 16 heavy (non-hydrogen) atoms. The molecular weight excluding hydrogens is 226 g/mol. The first-order valence-corrected chi connectivity index (χ1v) is 5.69. The Hall–Kier alpha value is -1.62. The molecule has 0 aliphatic rings. The van der Waals surface area contributed by atoms with Gasteiger partial charge in [0.25, 0.3) is 0 Å². The predicted molar refractivity (Wildman–Crippen MR) is 60.9 cm³/mol. The van der Waals surface area contributed by atoms with Crippen LogP contribution in [0.1, 0.15) is 35.3 Å². The number of aromatic carboxylic acids is 1. The average molecular weight is 237 g/mol. The van der Waals surface area contributed by atoms with Crippen LogP contribution in [-0.2, 0) is 0 Å². The minimum atomic E-state index is -1.02. The molecule has 84 valence electrons. The van der Waals surface area contributed by atoms with Crippen molar-refractivity contribution in [1.29, 1.82) is 0 Å². The van der Waals surface area contributed by atoms with E-state index in [1.165, 1.54) is 17.6 Å². The fourth-order valence-corrected chi connectivity index (χ4v) is 2.33. The maximum atomic E-state index is 11.1. The van der Waals surface area contributed by atoms with Gasteiger partial charge in [-0.25, -0.2) is 9.78 Å². The second-order valence-electron chi connectivity index (χ2n) is 3.67. The lowest BCUT2D eigenvalue weighted by atomic mass is 10.2. The van der Waals surface area contributed by atoms with Gasteiger partial charge < -0.3 is 9.52 Å². The van der Waals surface area contributed by atoms with E-state index in [0.29, 0.717) is 10.6 Å². The van der Waals surface area contributed by atoms with E-state index in [9.17, 15) is 4.79 Å². The molecule has 2 heterocycles. The molecule has 2 rings (SSSR count). The van der Waals surface area contributed by atoms with Gasteiger partial charge in [-0.2, -0.15) is 0 Å². The van der Waals surface area contributed by atoms with E-state index < -0.39 is 5.97 Å².